The molecule has 0 aliphatic carbocycles. The number of esters is 1. The third kappa shape index (κ3) is 6.57. The topological polar surface area (TPSA) is 98.8 Å². The van der Waals surface area contributed by atoms with Crippen LogP contribution in [0.2, 0.25) is 0 Å². The van der Waals surface area contributed by atoms with Crippen LogP contribution >= 0.6 is 0 Å². The second-order valence-electron chi connectivity index (χ2n) is 8.87. The van der Waals surface area contributed by atoms with Crippen molar-refractivity contribution < 1.29 is 42.7 Å². The standard InChI is InChI=1S/C32H34O9/c1-6-37-27-16-20(17-28(38-7-2)31(27)39-8-3)15-24(30(33)21-9-12-23(35-4)13-10-21)29(32(34)36-5)22-11-14-25-26(18-22)41-19-40-25/h9-14,16-18H,6-8,15,19H2,1-5H3/b29-24-. The molecule has 0 spiro atoms. The molecule has 216 valence electrons. The summed E-state index contributed by atoms with van der Waals surface area (Å²) in [5.74, 6) is 2.05. The summed E-state index contributed by atoms with van der Waals surface area (Å²) in [5.41, 5.74) is 1.84. The van der Waals surface area contributed by atoms with E-state index >= 15 is 0 Å². The molecule has 0 radical (unpaired) electrons. The number of Topliss-reactive ketones (excluding diaryl/α,β-unsaturated/α-hetero) is 1. The van der Waals surface area contributed by atoms with Gasteiger partial charge in [0.2, 0.25) is 12.5 Å². The van der Waals surface area contributed by atoms with Crippen LogP contribution < -0.4 is 28.4 Å². The first kappa shape index (κ1) is 29.3. The van der Waals surface area contributed by atoms with Gasteiger partial charge in [0.1, 0.15) is 5.75 Å². The highest BCUT2D eigenvalue weighted by Crippen LogP contribution is 2.41. The molecule has 0 fully saturated rings. The number of carbonyl (C=O) groups excluding carboxylic acids is 2. The molecule has 1 aliphatic rings. The van der Waals surface area contributed by atoms with Gasteiger partial charge in [-0.25, -0.2) is 4.79 Å². The van der Waals surface area contributed by atoms with Crippen LogP contribution in [0.15, 0.2) is 60.2 Å². The third-order valence-electron chi connectivity index (χ3n) is 6.33. The largest absolute Gasteiger partial charge is 0.497 e. The van der Waals surface area contributed by atoms with E-state index in [0.29, 0.717) is 71.0 Å². The van der Waals surface area contributed by atoms with Gasteiger partial charge in [-0.15, -0.1) is 0 Å². The Morgan fingerprint density at radius 2 is 1.37 bits per heavy atom. The van der Waals surface area contributed by atoms with Crippen LogP contribution in [0.25, 0.3) is 5.57 Å². The number of carbonyl (C=O) groups is 2. The van der Waals surface area contributed by atoms with Crippen LogP contribution in [0.1, 0.15) is 42.3 Å². The van der Waals surface area contributed by atoms with Crippen LogP contribution in [0.5, 0.6) is 34.5 Å². The van der Waals surface area contributed by atoms with E-state index in [1.807, 2.05) is 20.8 Å². The highest BCUT2D eigenvalue weighted by molar-refractivity contribution is 6.27. The highest BCUT2D eigenvalue weighted by atomic mass is 16.7. The number of hydrogen-bond acceptors (Lipinski definition) is 9. The summed E-state index contributed by atoms with van der Waals surface area (Å²) in [6.07, 6.45) is 0.0658. The maximum atomic E-state index is 14.2. The zero-order valence-corrected chi connectivity index (χ0v) is 23.9. The zero-order chi connectivity index (χ0) is 29.4. The Labute approximate surface area is 239 Å². The number of hydrogen-bond donors (Lipinski definition) is 0. The van der Waals surface area contributed by atoms with Gasteiger partial charge in [0.25, 0.3) is 0 Å². The first-order valence-corrected chi connectivity index (χ1v) is 13.4. The summed E-state index contributed by atoms with van der Waals surface area (Å²) in [6, 6.07) is 15.4. The van der Waals surface area contributed by atoms with Crippen molar-refractivity contribution in [2.45, 2.75) is 27.2 Å². The van der Waals surface area contributed by atoms with E-state index < -0.39 is 5.97 Å². The van der Waals surface area contributed by atoms with Crippen molar-refractivity contribution in [3.8, 4) is 34.5 Å². The van der Waals surface area contributed by atoms with Crippen molar-refractivity contribution in [2.75, 3.05) is 40.8 Å². The van der Waals surface area contributed by atoms with E-state index in [4.69, 9.17) is 33.2 Å². The van der Waals surface area contributed by atoms with Gasteiger partial charge in [-0.1, -0.05) is 6.07 Å². The minimum Gasteiger partial charge on any atom is -0.497 e. The van der Waals surface area contributed by atoms with E-state index in [1.54, 1.807) is 61.7 Å². The maximum Gasteiger partial charge on any atom is 0.338 e. The Morgan fingerprint density at radius 3 is 1.95 bits per heavy atom. The Balaban J connectivity index is 1.93. The van der Waals surface area contributed by atoms with Crippen LogP contribution in [-0.4, -0.2) is 52.6 Å². The van der Waals surface area contributed by atoms with E-state index in [-0.39, 0.29) is 30.1 Å². The van der Waals surface area contributed by atoms with Gasteiger partial charge in [-0.05, 0) is 80.4 Å². The van der Waals surface area contributed by atoms with E-state index in [1.165, 1.54) is 7.11 Å². The monoisotopic (exact) mass is 562 g/mol. The van der Waals surface area contributed by atoms with Gasteiger partial charge in [0.05, 0.1) is 39.6 Å². The summed E-state index contributed by atoms with van der Waals surface area (Å²) in [7, 11) is 2.83. The molecule has 41 heavy (non-hydrogen) atoms. The number of rotatable bonds is 13. The quantitative estimate of drug-likeness (QED) is 0.148. The predicted octanol–water partition coefficient (Wildman–Crippen LogP) is 5.67. The van der Waals surface area contributed by atoms with Crippen LogP contribution in [0.4, 0.5) is 0 Å². The smallest absolute Gasteiger partial charge is 0.338 e. The summed E-state index contributed by atoms with van der Waals surface area (Å²) in [5, 5.41) is 0. The molecule has 0 unspecified atom stereocenters. The fourth-order valence-electron chi connectivity index (χ4n) is 4.52. The van der Waals surface area contributed by atoms with Crippen molar-refractivity contribution in [3.63, 3.8) is 0 Å². The minimum atomic E-state index is -0.665. The molecule has 4 rings (SSSR count). The SMILES string of the molecule is CCOc1cc(C/C(C(=O)c2ccc(OC)cc2)=C(/C(=O)OC)c2ccc3c(c2)OCO3)cc(OCC)c1OCC. The van der Waals surface area contributed by atoms with E-state index in [0.717, 1.165) is 0 Å². The van der Waals surface area contributed by atoms with Crippen molar-refractivity contribution in [2.24, 2.45) is 0 Å². The van der Waals surface area contributed by atoms with Crippen LogP contribution in [0.3, 0.4) is 0 Å². The number of ketones is 1. The molecule has 3 aromatic rings. The number of methoxy groups -OCH3 is 2. The molecule has 0 atom stereocenters. The van der Waals surface area contributed by atoms with E-state index in [2.05, 4.69) is 0 Å². The lowest BCUT2D eigenvalue weighted by atomic mass is 9.89. The number of benzene rings is 3. The summed E-state index contributed by atoms with van der Waals surface area (Å²) >= 11 is 0. The molecular formula is C32H34O9. The number of ether oxygens (including phenoxy) is 7. The summed E-state index contributed by atoms with van der Waals surface area (Å²) < 4.78 is 39.1. The zero-order valence-electron chi connectivity index (χ0n) is 23.9. The Hall–Kier alpha value is -4.66. The van der Waals surface area contributed by atoms with Gasteiger partial charge < -0.3 is 33.2 Å². The average Bonchev–Trinajstić information content (AvgIpc) is 3.46. The maximum absolute atomic E-state index is 14.2. The lowest BCUT2D eigenvalue weighted by Gasteiger charge is -2.19. The molecule has 3 aromatic carbocycles. The summed E-state index contributed by atoms with van der Waals surface area (Å²) in [4.78, 5) is 27.5. The molecule has 0 saturated carbocycles. The number of allylic oxidation sites excluding steroid dienone is 1. The molecule has 1 aliphatic heterocycles. The Kier molecular flexibility index (Phi) is 9.73. The third-order valence-corrected chi connectivity index (χ3v) is 6.33. The fraction of sp³-hybridized carbons (Fsp3) is 0.312. The lowest BCUT2D eigenvalue weighted by Crippen LogP contribution is -2.15. The predicted molar refractivity (Wildman–Crippen MR) is 152 cm³/mol. The lowest BCUT2D eigenvalue weighted by molar-refractivity contribution is -0.133. The van der Waals surface area contributed by atoms with Gasteiger partial charge in [0, 0.05) is 17.6 Å². The van der Waals surface area contributed by atoms with Crippen LogP contribution in [-0.2, 0) is 16.0 Å². The molecule has 0 bridgehead atoms. The van der Waals surface area contributed by atoms with Crippen molar-refractivity contribution >= 4 is 17.3 Å². The molecule has 0 N–H and O–H groups in total. The summed E-state index contributed by atoms with van der Waals surface area (Å²) in [6.45, 7) is 6.89. The second-order valence-corrected chi connectivity index (χ2v) is 8.87. The van der Waals surface area contributed by atoms with Crippen molar-refractivity contribution in [1.29, 1.82) is 0 Å². The van der Waals surface area contributed by atoms with Crippen molar-refractivity contribution in [3.05, 3.63) is 76.9 Å². The normalized spacial score (nSPS) is 12.3. The fourth-order valence-corrected chi connectivity index (χ4v) is 4.52. The molecular weight excluding hydrogens is 528 g/mol. The van der Waals surface area contributed by atoms with Crippen molar-refractivity contribution in [1.82, 2.24) is 0 Å². The second kappa shape index (κ2) is 13.6. The molecule has 9 heteroatoms. The molecule has 0 amide bonds. The molecule has 0 saturated heterocycles. The Bertz CT molecular complexity index is 1400. The molecule has 9 nitrogen and oxygen atoms in total. The van der Waals surface area contributed by atoms with Gasteiger partial charge >= 0.3 is 5.97 Å². The Morgan fingerprint density at radius 1 is 0.756 bits per heavy atom. The first-order valence-electron chi connectivity index (χ1n) is 13.4. The van der Waals surface area contributed by atoms with Gasteiger partial charge in [-0.2, -0.15) is 0 Å². The molecule has 0 aromatic heterocycles. The van der Waals surface area contributed by atoms with Crippen LogP contribution in [0, 0.1) is 0 Å². The average molecular weight is 563 g/mol. The molecule has 1 heterocycles. The highest BCUT2D eigenvalue weighted by Gasteiger charge is 2.27. The first-order chi connectivity index (χ1) is 19.9. The minimum absolute atomic E-state index is 0.0658. The van der Waals surface area contributed by atoms with Gasteiger partial charge in [0.15, 0.2) is 28.8 Å². The number of fused-ring (bicyclic) bond motifs is 1. The van der Waals surface area contributed by atoms with Gasteiger partial charge in [-0.3, -0.25) is 4.79 Å². The van der Waals surface area contributed by atoms with E-state index in [9.17, 15) is 9.59 Å².